The largest absolute Gasteiger partial charge is 0.476 e. The summed E-state index contributed by atoms with van der Waals surface area (Å²) in [6, 6.07) is 7.60. The van der Waals surface area contributed by atoms with Gasteiger partial charge in [-0.1, -0.05) is 32.0 Å². The summed E-state index contributed by atoms with van der Waals surface area (Å²) in [7, 11) is 0. The Morgan fingerprint density at radius 3 is 2.76 bits per heavy atom. The molecule has 0 bridgehead atoms. The molecule has 1 fully saturated rings. The minimum absolute atomic E-state index is 0.0538. The van der Waals surface area contributed by atoms with Gasteiger partial charge in [0.05, 0.1) is 11.2 Å². The van der Waals surface area contributed by atoms with E-state index in [4.69, 9.17) is 0 Å². The minimum Gasteiger partial charge on any atom is -0.476 e. The maximum Gasteiger partial charge on any atom is 0.358 e. The van der Waals surface area contributed by atoms with Crippen LogP contribution in [0.1, 0.15) is 30.8 Å². The summed E-state index contributed by atoms with van der Waals surface area (Å²) < 4.78 is 0. The fraction of sp³-hybridized carbons (Fsp3) is 0.438. The lowest BCUT2D eigenvalue weighted by atomic mass is 9.95. The van der Waals surface area contributed by atoms with E-state index in [9.17, 15) is 9.90 Å². The Bertz CT molecular complexity index is 684. The van der Waals surface area contributed by atoms with Crippen molar-refractivity contribution in [3.05, 3.63) is 30.0 Å². The number of hydrogen-bond donors (Lipinski definition) is 1. The third-order valence-electron chi connectivity index (χ3n) is 4.33. The van der Waals surface area contributed by atoms with E-state index in [0.29, 0.717) is 11.8 Å². The fourth-order valence-electron chi connectivity index (χ4n) is 3.04. The molecule has 1 aliphatic rings. The zero-order chi connectivity index (χ0) is 15.0. The minimum atomic E-state index is -1.02. The van der Waals surface area contributed by atoms with Crippen LogP contribution in [0.2, 0.25) is 0 Å². The lowest BCUT2D eigenvalue weighted by Crippen LogP contribution is -2.24. The van der Waals surface area contributed by atoms with Gasteiger partial charge in [0, 0.05) is 18.5 Å². The van der Waals surface area contributed by atoms with Gasteiger partial charge in [-0.3, -0.25) is 0 Å². The molecule has 1 aromatic heterocycles. The van der Waals surface area contributed by atoms with Crippen molar-refractivity contribution < 1.29 is 9.90 Å². The number of carbonyl (C=O) groups is 1. The Morgan fingerprint density at radius 1 is 1.33 bits per heavy atom. The highest BCUT2D eigenvalue weighted by atomic mass is 16.4. The first kappa shape index (κ1) is 13.8. The van der Waals surface area contributed by atoms with Crippen LogP contribution in [0.4, 0.5) is 5.69 Å². The van der Waals surface area contributed by atoms with E-state index in [0.717, 1.165) is 36.1 Å². The summed E-state index contributed by atoms with van der Waals surface area (Å²) in [4.78, 5) is 13.7. The molecule has 1 saturated heterocycles. The number of benzene rings is 1. The molecule has 110 valence electrons. The van der Waals surface area contributed by atoms with Crippen molar-refractivity contribution in [3.63, 3.8) is 0 Å². The van der Waals surface area contributed by atoms with Gasteiger partial charge < -0.3 is 10.0 Å². The van der Waals surface area contributed by atoms with Gasteiger partial charge in [-0.05, 0) is 24.3 Å². The zero-order valence-corrected chi connectivity index (χ0v) is 12.3. The molecule has 0 saturated carbocycles. The molecule has 5 heteroatoms. The molecule has 1 atom stereocenters. The predicted octanol–water partition coefficient (Wildman–Crippen LogP) is 2.81. The Kier molecular flexibility index (Phi) is 3.49. The highest BCUT2D eigenvalue weighted by Crippen LogP contribution is 2.34. The molecule has 1 N–H and O–H groups in total. The fourth-order valence-corrected chi connectivity index (χ4v) is 3.04. The molecule has 2 heterocycles. The normalized spacial score (nSPS) is 18.6. The Hall–Kier alpha value is -2.17. The standard InChI is InChI=1S/C16H19N3O2/c1-10(2)11-7-8-19(9-11)15-12-5-3-4-6-13(12)17-18-14(15)16(20)21/h3-6,10-11H,7-9H2,1-2H3,(H,20,21). The summed E-state index contributed by atoms with van der Waals surface area (Å²) in [5.74, 6) is 0.180. The third-order valence-corrected chi connectivity index (χ3v) is 4.33. The highest BCUT2D eigenvalue weighted by Gasteiger charge is 2.29. The smallest absolute Gasteiger partial charge is 0.358 e. The summed E-state index contributed by atoms with van der Waals surface area (Å²) >= 11 is 0. The molecular formula is C16H19N3O2. The molecule has 0 amide bonds. The van der Waals surface area contributed by atoms with E-state index >= 15 is 0 Å². The maximum atomic E-state index is 11.5. The maximum absolute atomic E-state index is 11.5. The topological polar surface area (TPSA) is 66.3 Å². The van der Waals surface area contributed by atoms with Crippen molar-refractivity contribution in [1.29, 1.82) is 0 Å². The molecule has 1 aliphatic heterocycles. The van der Waals surface area contributed by atoms with E-state index < -0.39 is 5.97 Å². The number of carboxylic acid groups (broad SMARTS) is 1. The molecule has 1 aromatic carbocycles. The summed E-state index contributed by atoms with van der Waals surface area (Å²) in [5, 5.41) is 18.3. The average molecular weight is 285 g/mol. The van der Waals surface area contributed by atoms with Crippen molar-refractivity contribution >= 4 is 22.6 Å². The second-order valence-corrected chi connectivity index (χ2v) is 5.96. The van der Waals surface area contributed by atoms with Crippen molar-refractivity contribution in [3.8, 4) is 0 Å². The van der Waals surface area contributed by atoms with Crippen LogP contribution in [0.5, 0.6) is 0 Å². The first-order chi connectivity index (χ1) is 10.1. The first-order valence-corrected chi connectivity index (χ1v) is 7.31. The first-order valence-electron chi connectivity index (χ1n) is 7.31. The van der Waals surface area contributed by atoms with Crippen molar-refractivity contribution in [2.75, 3.05) is 18.0 Å². The van der Waals surface area contributed by atoms with Gasteiger partial charge in [0.25, 0.3) is 0 Å². The van der Waals surface area contributed by atoms with Crippen LogP contribution in [0, 0.1) is 11.8 Å². The van der Waals surface area contributed by atoms with E-state index in [1.165, 1.54) is 0 Å². The Labute approximate surface area is 123 Å². The lowest BCUT2D eigenvalue weighted by molar-refractivity contribution is 0.0690. The van der Waals surface area contributed by atoms with Crippen LogP contribution in [0.3, 0.4) is 0 Å². The number of nitrogens with zero attached hydrogens (tertiary/aromatic N) is 3. The summed E-state index contributed by atoms with van der Waals surface area (Å²) in [6.45, 7) is 6.19. The molecule has 2 aromatic rings. The van der Waals surface area contributed by atoms with E-state index in [1.54, 1.807) is 0 Å². The number of carboxylic acids is 1. The zero-order valence-electron chi connectivity index (χ0n) is 12.3. The van der Waals surface area contributed by atoms with Crippen molar-refractivity contribution in [2.45, 2.75) is 20.3 Å². The van der Waals surface area contributed by atoms with Gasteiger partial charge in [0.15, 0.2) is 5.69 Å². The van der Waals surface area contributed by atoms with Gasteiger partial charge in [0.2, 0.25) is 0 Å². The average Bonchev–Trinajstić information content (AvgIpc) is 2.95. The molecule has 21 heavy (non-hydrogen) atoms. The Balaban J connectivity index is 2.11. The van der Waals surface area contributed by atoms with Crippen LogP contribution in [0.15, 0.2) is 24.3 Å². The van der Waals surface area contributed by atoms with Crippen LogP contribution in [-0.4, -0.2) is 34.4 Å². The number of hydrogen-bond acceptors (Lipinski definition) is 4. The lowest BCUT2D eigenvalue weighted by Gasteiger charge is -2.22. The van der Waals surface area contributed by atoms with Gasteiger partial charge in [-0.25, -0.2) is 4.79 Å². The quantitative estimate of drug-likeness (QED) is 0.939. The number of rotatable bonds is 3. The number of anilines is 1. The Morgan fingerprint density at radius 2 is 2.10 bits per heavy atom. The van der Waals surface area contributed by atoms with Crippen molar-refractivity contribution in [2.24, 2.45) is 11.8 Å². The number of aromatic nitrogens is 2. The van der Waals surface area contributed by atoms with E-state index in [1.807, 2.05) is 24.3 Å². The molecule has 0 aliphatic carbocycles. The van der Waals surface area contributed by atoms with E-state index in [-0.39, 0.29) is 5.69 Å². The highest BCUT2D eigenvalue weighted by molar-refractivity contribution is 6.02. The third kappa shape index (κ3) is 2.44. The van der Waals surface area contributed by atoms with Crippen LogP contribution >= 0.6 is 0 Å². The SMILES string of the molecule is CC(C)C1CCN(c2c(C(=O)O)nnc3ccccc23)C1. The second kappa shape index (κ2) is 5.31. The molecule has 1 unspecified atom stereocenters. The van der Waals surface area contributed by atoms with Crippen molar-refractivity contribution in [1.82, 2.24) is 10.2 Å². The van der Waals surface area contributed by atoms with Gasteiger partial charge in [0.1, 0.15) is 0 Å². The molecule has 5 nitrogen and oxygen atoms in total. The van der Waals surface area contributed by atoms with E-state index in [2.05, 4.69) is 28.9 Å². The van der Waals surface area contributed by atoms with Gasteiger partial charge in [-0.15, -0.1) is 10.2 Å². The van der Waals surface area contributed by atoms with Crippen LogP contribution < -0.4 is 4.90 Å². The molecule has 0 radical (unpaired) electrons. The number of aromatic carboxylic acids is 1. The molecular weight excluding hydrogens is 266 g/mol. The molecule has 0 spiro atoms. The van der Waals surface area contributed by atoms with Gasteiger partial charge >= 0.3 is 5.97 Å². The van der Waals surface area contributed by atoms with Crippen LogP contribution in [-0.2, 0) is 0 Å². The summed E-state index contributed by atoms with van der Waals surface area (Å²) in [5.41, 5.74) is 1.51. The predicted molar refractivity (Wildman–Crippen MR) is 81.7 cm³/mol. The van der Waals surface area contributed by atoms with Gasteiger partial charge in [-0.2, -0.15) is 0 Å². The summed E-state index contributed by atoms with van der Waals surface area (Å²) in [6.07, 6.45) is 1.09. The molecule has 3 rings (SSSR count). The second-order valence-electron chi connectivity index (χ2n) is 5.96. The van der Waals surface area contributed by atoms with Crippen LogP contribution in [0.25, 0.3) is 10.9 Å². The monoisotopic (exact) mass is 285 g/mol. The number of fused-ring (bicyclic) bond motifs is 1.